The van der Waals surface area contributed by atoms with Gasteiger partial charge in [-0.05, 0) is 60.5 Å². The lowest BCUT2D eigenvalue weighted by Crippen LogP contribution is -2.17. The molecule has 0 saturated heterocycles. The van der Waals surface area contributed by atoms with Crippen LogP contribution in [0.25, 0.3) is 0 Å². The maximum Gasteiger partial charge on any atom is 0.256 e. The molecule has 2 amide bonds. The van der Waals surface area contributed by atoms with Gasteiger partial charge >= 0.3 is 0 Å². The summed E-state index contributed by atoms with van der Waals surface area (Å²) in [5.74, 6) is 0.0567. The first-order valence-electron chi connectivity index (χ1n) is 11.4. The van der Waals surface area contributed by atoms with Gasteiger partial charge in [0.2, 0.25) is 0 Å². The number of nitrogens with zero attached hydrogens (tertiary/aromatic N) is 3. The number of amides is 2. The van der Waals surface area contributed by atoms with Crippen LogP contribution in [-0.2, 0) is 6.42 Å². The Labute approximate surface area is 210 Å². The number of rotatable bonds is 7. The number of hydrogen-bond acceptors (Lipinski definition) is 6. The molecule has 1 aromatic heterocycles. The van der Waals surface area contributed by atoms with E-state index in [-0.39, 0.29) is 11.8 Å². The number of aryl methyl sites for hydroxylation is 1. The predicted molar refractivity (Wildman–Crippen MR) is 144 cm³/mol. The predicted octanol–water partition coefficient (Wildman–Crippen LogP) is 4.53. The smallest absolute Gasteiger partial charge is 0.256 e. The monoisotopic (exact) mass is 480 g/mol. The third-order valence-corrected chi connectivity index (χ3v) is 5.64. The Hall–Kier alpha value is -4.72. The Kier molecular flexibility index (Phi) is 7.25. The van der Waals surface area contributed by atoms with Gasteiger partial charge < -0.3 is 21.3 Å². The van der Waals surface area contributed by atoms with Crippen molar-refractivity contribution < 1.29 is 9.59 Å². The fourth-order valence-corrected chi connectivity index (χ4v) is 3.67. The average Bonchev–Trinajstić information content (AvgIpc) is 2.86. The van der Waals surface area contributed by atoms with Crippen molar-refractivity contribution in [2.24, 2.45) is 0 Å². The molecule has 0 aliphatic rings. The first kappa shape index (κ1) is 24.4. The van der Waals surface area contributed by atoms with E-state index in [1.165, 1.54) is 0 Å². The number of nitrogens with two attached hydrogens (primary N) is 1. The number of nitrogen functional groups attached to an aromatic ring is 1. The van der Waals surface area contributed by atoms with E-state index in [0.717, 1.165) is 16.8 Å². The van der Waals surface area contributed by atoms with E-state index in [1.807, 2.05) is 68.4 Å². The van der Waals surface area contributed by atoms with Gasteiger partial charge in [-0.15, -0.1) is 0 Å². The molecule has 182 valence electrons. The molecule has 0 bridgehead atoms. The Bertz CT molecular complexity index is 1400. The molecule has 0 fully saturated rings. The molecule has 0 atom stereocenters. The molecule has 1 heterocycles. The molecule has 4 N–H and O–H groups in total. The molecular formula is C28H28N6O2. The number of hydrogen-bond donors (Lipinski definition) is 3. The summed E-state index contributed by atoms with van der Waals surface area (Å²) >= 11 is 0. The van der Waals surface area contributed by atoms with Crippen molar-refractivity contribution in [1.82, 2.24) is 9.97 Å². The minimum atomic E-state index is -0.314. The SMILES string of the molecule is Cc1ccc(NC(=O)c2cccc(N(C)C)c2)cc1C(=O)Nc1cnc(Cc2cccc(N)c2)nc1. The highest BCUT2D eigenvalue weighted by molar-refractivity contribution is 6.08. The molecular weight excluding hydrogens is 452 g/mol. The standard InChI is InChI=1S/C28H28N6O2/c1-18-10-11-22(32-27(35)20-7-5-9-24(14-20)34(2)3)15-25(18)28(36)33-23-16-30-26(31-17-23)13-19-6-4-8-21(29)12-19/h4-12,14-17H,13,29H2,1-3H3,(H,32,35)(H,33,36). The quantitative estimate of drug-likeness (QED) is 0.335. The molecule has 4 aromatic rings. The minimum absolute atomic E-state index is 0.252. The highest BCUT2D eigenvalue weighted by Crippen LogP contribution is 2.20. The molecule has 0 saturated carbocycles. The summed E-state index contributed by atoms with van der Waals surface area (Å²) in [6, 6.07) is 20.1. The van der Waals surface area contributed by atoms with Crippen LogP contribution in [0.1, 0.15) is 37.7 Å². The van der Waals surface area contributed by atoms with Gasteiger partial charge in [0.25, 0.3) is 11.8 Å². The number of carbonyl (C=O) groups excluding carboxylic acids is 2. The molecule has 0 radical (unpaired) electrons. The van der Waals surface area contributed by atoms with Crippen LogP contribution in [0.2, 0.25) is 0 Å². The van der Waals surface area contributed by atoms with Crippen LogP contribution in [0.5, 0.6) is 0 Å². The van der Waals surface area contributed by atoms with Crippen molar-refractivity contribution in [3.63, 3.8) is 0 Å². The van der Waals surface area contributed by atoms with Crippen LogP contribution in [0, 0.1) is 6.92 Å². The van der Waals surface area contributed by atoms with Gasteiger partial charge in [-0.2, -0.15) is 0 Å². The Morgan fingerprint density at radius 2 is 1.58 bits per heavy atom. The Morgan fingerprint density at radius 3 is 2.31 bits per heavy atom. The van der Waals surface area contributed by atoms with Crippen molar-refractivity contribution in [2.45, 2.75) is 13.3 Å². The lowest BCUT2D eigenvalue weighted by molar-refractivity contribution is 0.101. The highest BCUT2D eigenvalue weighted by atomic mass is 16.2. The van der Waals surface area contributed by atoms with Crippen LogP contribution in [-0.4, -0.2) is 35.9 Å². The Morgan fingerprint density at radius 1 is 0.861 bits per heavy atom. The van der Waals surface area contributed by atoms with Gasteiger partial charge in [-0.3, -0.25) is 9.59 Å². The molecule has 0 aliphatic carbocycles. The third kappa shape index (κ3) is 6.04. The summed E-state index contributed by atoms with van der Waals surface area (Å²) in [5.41, 5.74) is 11.2. The fourth-order valence-electron chi connectivity index (χ4n) is 3.67. The zero-order valence-corrected chi connectivity index (χ0v) is 20.4. The molecule has 8 heteroatoms. The van der Waals surface area contributed by atoms with Crippen LogP contribution >= 0.6 is 0 Å². The summed E-state index contributed by atoms with van der Waals surface area (Å²) in [6.45, 7) is 1.84. The largest absolute Gasteiger partial charge is 0.399 e. The minimum Gasteiger partial charge on any atom is -0.399 e. The Balaban J connectivity index is 1.43. The van der Waals surface area contributed by atoms with Gasteiger partial charge in [0, 0.05) is 48.7 Å². The fraction of sp³-hybridized carbons (Fsp3) is 0.143. The van der Waals surface area contributed by atoms with Gasteiger partial charge in [0.15, 0.2) is 0 Å². The second-order valence-electron chi connectivity index (χ2n) is 8.69. The van der Waals surface area contributed by atoms with Crippen LogP contribution < -0.4 is 21.3 Å². The first-order chi connectivity index (χ1) is 17.3. The van der Waals surface area contributed by atoms with Crippen molar-refractivity contribution in [1.29, 1.82) is 0 Å². The summed E-state index contributed by atoms with van der Waals surface area (Å²) in [7, 11) is 3.83. The molecule has 0 unspecified atom stereocenters. The first-order valence-corrected chi connectivity index (χ1v) is 11.4. The topological polar surface area (TPSA) is 113 Å². The van der Waals surface area contributed by atoms with E-state index in [0.29, 0.717) is 40.4 Å². The van der Waals surface area contributed by atoms with E-state index in [1.54, 1.807) is 36.7 Å². The molecule has 0 spiro atoms. The van der Waals surface area contributed by atoms with Crippen LogP contribution in [0.3, 0.4) is 0 Å². The summed E-state index contributed by atoms with van der Waals surface area (Å²) in [5, 5.41) is 5.70. The molecule has 4 rings (SSSR count). The zero-order chi connectivity index (χ0) is 25.7. The number of anilines is 4. The van der Waals surface area contributed by atoms with Gasteiger partial charge in [-0.25, -0.2) is 9.97 Å². The number of carbonyl (C=O) groups is 2. The maximum absolute atomic E-state index is 13.0. The molecule has 8 nitrogen and oxygen atoms in total. The normalized spacial score (nSPS) is 10.5. The van der Waals surface area contributed by atoms with E-state index >= 15 is 0 Å². The summed E-state index contributed by atoms with van der Waals surface area (Å²) < 4.78 is 0. The average molecular weight is 481 g/mol. The van der Waals surface area contributed by atoms with Gasteiger partial charge in [-0.1, -0.05) is 24.3 Å². The molecule has 0 aliphatic heterocycles. The second-order valence-corrected chi connectivity index (χ2v) is 8.69. The van der Waals surface area contributed by atoms with E-state index in [9.17, 15) is 9.59 Å². The number of benzene rings is 3. The van der Waals surface area contributed by atoms with E-state index < -0.39 is 0 Å². The van der Waals surface area contributed by atoms with Crippen molar-refractivity contribution in [2.75, 3.05) is 35.4 Å². The summed E-state index contributed by atoms with van der Waals surface area (Å²) in [6.07, 6.45) is 3.69. The zero-order valence-electron chi connectivity index (χ0n) is 20.4. The number of aromatic nitrogens is 2. The van der Waals surface area contributed by atoms with Crippen molar-refractivity contribution in [3.05, 3.63) is 107 Å². The lowest BCUT2D eigenvalue weighted by atomic mass is 10.1. The highest BCUT2D eigenvalue weighted by Gasteiger charge is 2.14. The van der Waals surface area contributed by atoms with E-state index in [4.69, 9.17) is 5.73 Å². The third-order valence-electron chi connectivity index (χ3n) is 5.64. The maximum atomic E-state index is 13.0. The molecule has 3 aromatic carbocycles. The lowest BCUT2D eigenvalue weighted by Gasteiger charge is -2.14. The van der Waals surface area contributed by atoms with Crippen LogP contribution in [0.4, 0.5) is 22.7 Å². The second kappa shape index (κ2) is 10.7. The van der Waals surface area contributed by atoms with Crippen molar-refractivity contribution >= 4 is 34.6 Å². The van der Waals surface area contributed by atoms with Crippen molar-refractivity contribution in [3.8, 4) is 0 Å². The van der Waals surface area contributed by atoms with E-state index in [2.05, 4.69) is 20.6 Å². The van der Waals surface area contributed by atoms with Gasteiger partial charge in [0.05, 0.1) is 18.1 Å². The van der Waals surface area contributed by atoms with Gasteiger partial charge in [0.1, 0.15) is 5.82 Å². The molecule has 36 heavy (non-hydrogen) atoms. The number of nitrogens with one attached hydrogen (secondary N) is 2. The van der Waals surface area contributed by atoms with Crippen LogP contribution in [0.15, 0.2) is 79.1 Å². The summed E-state index contributed by atoms with van der Waals surface area (Å²) in [4.78, 5) is 36.4.